The van der Waals surface area contributed by atoms with Crippen LogP contribution in [0.2, 0.25) is 5.02 Å². The molecule has 0 fully saturated rings. The molecule has 1 aromatic rings. The lowest BCUT2D eigenvalue weighted by molar-refractivity contribution is 0.362. The fourth-order valence-corrected chi connectivity index (χ4v) is 2.17. The van der Waals surface area contributed by atoms with Gasteiger partial charge in [0.05, 0.1) is 0 Å². The lowest BCUT2D eigenvalue weighted by Gasteiger charge is -2.39. The molecule has 1 aliphatic heterocycles. The molecule has 14 heavy (non-hydrogen) atoms. The van der Waals surface area contributed by atoms with Crippen molar-refractivity contribution in [2.75, 3.05) is 5.32 Å². The first-order valence-electron chi connectivity index (χ1n) is 5.06. The van der Waals surface area contributed by atoms with Gasteiger partial charge in [-0.3, -0.25) is 0 Å². The van der Waals surface area contributed by atoms with E-state index >= 15 is 0 Å². The summed E-state index contributed by atoms with van der Waals surface area (Å²) in [6.07, 6.45) is 1.06. The third-order valence-electron chi connectivity index (χ3n) is 3.32. The third kappa shape index (κ3) is 1.50. The Morgan fingerprint density at radius 2 is 2.14 bits per heavy atom. The van der Waals surface area contributed by atoms with Gasteiger partial charge in [0.25, 0.3) is 0 Å². The van der Waals surface area contributed by atoms with Gasteiger partial charge in [-0.1, -0.05) is 24.6 Å². The number of anilines is 1. The van der Waals surface area contributed by atoms with E-state index in [1.807, 2.05) is 12.1 Å². The Morgan fingerprint density at radius 3 is 2.86 bits per heavy atom. The highest BCUT2D eigenvalue weighted by molar-refractivity contribution is 6.31. The van der Waals surface area contributed by atoms with Crippen LogP contribution in [-0.2, 0) is 6.42 Å². The number of rotatable bonds is 0. The first-order chi connectivity index (χ1) is 6.50. The van der Waals surface area contributed by atoms with Gasteiger partial charge in [-0.05, 0) is 43.9 Å². The highest BCUT2D eigenvalue weighted by Gasteiger charge is 2.31. The molecule has 0 saturated heterocycles. The van der Waals surface area contributed by atoms with Crippen LogP contribution in [0.25, 0.3) is 0 Å². The molecular formula is C12H16ClN. The Morgan fingerprint density at radius 1 is 1.43 bits per heavy atom. The van der Waals surface area contributed by atoms with Crippen LogP contribution in [-0.4, -0.2) is 5.54 Å². The monoisotopic (exact) mass is 209 g/mol. The summed E-state index contributed by atoms with van der Waals surface area (Å²) in [5, 5.41) is 4.43. The molecule has 1 nitrogen and oxygen atoms in total. The molecule has 0 amide bonds. The van der Waals surface area contributed by atoms with E-state index in [0.29, 0.717) is 5.92 Å². The molecule has 1 aromatic carbocycles. The van der Waals surface area contributed by atoms with E-state index in [1.165, 1.54) is 11.3 Å². The van der Waals surface area contributed by atoms with Crippen molar-refractivity contribution in [1.82, 2.24) is 0 Å². The number of halogens is 1. The van der Waals surface area contributed by atoms with Gasteiger partial charge in [0.2, 0.25) is 0 Å². The molecule has 1 heterocycles. The average molecular weight is 210 g/mol. The molecule has 2 rings (SSSR count). The number of nitrogens with one attached hydrogen (secondary N) is 1. The van der Waals surface area contributed by atoms with Crippen LogP contribution >= 0.6 is 11.6 Å². The van der Waals surface area contributed by atoms with E-state index in [9.17, 15) is 0 Å². The van der Waals surface area contributed by atoms with Crippen molar-refractivity contribution in [1.29, 1.82) is 0 Å². The van der Waals surface area contributed by atoms with Crippen LogP contribution in [0.3, 0.4) is 0 Å². The lowest BCUT2D eigenvalue weighted by Crippen LogP contribution is -2.42. The second-order valence-corrected chi connectivity index (χ2v) is 5.13. The summed E-state index contributed by atoms with van der Waals surface area (Å²) in [7, 11) is 0. The van der Waals surface area contributed by atoms with Gasteiger partial charge < -0.3 is 5.32 Å². The second-order valence-electron chi connectivity index (χ2n) is 4.72. The van der Waals surface area contributed by atoms with E-state index in [-0.39, 0.29) is 5.54 Å². The number of hydrogen-bond acceptors (Lipinski definition) is 1. The summed E-state index contributed by atoms with van der Waals surface area (Å²) in [4.78, 5) is 0. The molecular weight excluding hydrogens is 194 g/mol. The van der Waals surface area contributed by atoms with Crippen molar-refractivity contribution in [3.63, 3.8) is 0 Å². The van der Waals surface area contributed by atoms with Crippen molar-refractivity contribution >= 4 is 17.3 Å². The van der Waals surface area contributed by atoms with E-state index in [0.717, 1.165) is 11.4 Å². The van der Waals surface area contributed by atoms with Crippen LogP contribution in [0.15, 0.2) is 18.2 Å². The summed E-state index contributed by atoms with van der Waals surface area (Å²) in [5.41, 5.74) is 2.62. The highest BCUT2D eigenvalue weighted by atomic mass is 35.5. The smallest absolute Gasteiger partial charge is 0.0458 e. The SMILES string of the molecule is CC1Cc2c(Cl)cccc2NC1(C)C. The molecule has 0 radical (unpaired) electrons. The summed E-state index contributed by atoms with van der Waals surface area (Å²) >= 11 is 6.16. The van der Waals surface area contributed by atoms with Gasteiger partial charge >= 0.3 is 0 Å². The highest BCUT2D eigenvalue weighted by Crippen LogP contribution is 2.37. The Kier molecular flexibility index (Phi) is 2.23. The molecule has 76 valence electrons. The van der Waals surface area contributed by atoms with Crippen LogP contribution < -0.4 is 5.32 Å². The summed E-state index contributed by atoms with van der Waals surface area (Å²) in [5.74, 6) is 0.606. The largest absolute Gasteiger partial charge is 0.380 e. The van der Waals surface area contributed by atoms with Gasteiger partial charge in [0.1, 0.15) is 0 Å². The molecule has 0 aliphatic carbocycles. The van der Waals surface area contributed by atoms with Crippen molar-refractivity contribution in [2.45, 2.75) is 32.7 Å². The Bertz CT molecular complexity index is 357. The Hall–Kier alpha value is -0.690. The number of fused-ring (bicyclic) bond motifs is 1. The minimum Gasteiger partial charge on any atom is -0.380 e. The van der Waals surface area contributed by atoms with Crippen LogP contribution in [0.5, 0.6) is 0 Å². The summed E-state index contributed by atoms with van der Waals surface area (Å²) in [6, 6.07) is 6.07. The zero-order valence-corrected chi connectivity index (χ0v) is 9.65. The molecule has 0 bridgehead atoms. The zero-order valence-electron chi connectivity index (χ0n) is 8.89. The summed E-state index contributed by atoms with van der Waals surface area (Å²) < 4.78 is 0. The normalized spacial score (nSPS) is 23.9. The topological polar surface area (TPSA) is 12.0 Å². The second kappa shape index (κ2) is 3.16. The maximum Gasteiger partial charge on any atom is 0.0458 e. The van der Waals surface area contributed by atoms with Crippen LogP contribution in [0.1, 0.15) is 26.3 Å². The maximum absolute atomic E-state index is 6.16. The zero-order chi connectivity index (χ0) is 10.3. The third-order valence-corrected chi connectivity index (χ3v) is 3.67. The van der Waals surface area contributed by atoms with Crippen molar-refractivity contribution in [2.24, 2.45) is 5.92 Å². The van der Waals surface area contributed by atoms with Gasteiger partial charge in [0.15, 0.2) is 0 Å². The van der Waals surface area contributed by atoms with Crippen LogP contribution in [0.4, 0.5) is 5.69 Å². The van der Waals surface area contributed by atoms with Gasteiger partial charge in [-0.2, -0.15) is 0 Å². The predicted molar refractivity (Wildman–Crippen MR) is 62.0 cm³/mol. The molecule has 1 atom stereocenters. The first kappa shape index (κ1) is 9.85. The van der Waals surface area contributed by atoms with E-state index in [4.69, 9.17) is 11.6 Å². The van der Waals surface area contributed by atoms with E-state index < -0.39 is 0 Å². The molecule has 1 unspecified atom stereocenters. The number of hydrogen-bond donors (Lipinski definition) is 1. The lowest BCUT2D eigenvalue weighted by atomic mass is 9.80. The van der Waals surface area contributed by atoms with Gasteiger partial charge in [-0.25, -0.2) is 0 Å². The molecule has 0 spiro atoms. The molecule has 0 saturated carbocycles. The average Bonchev–Trinajstić information content (AvgIpc) is 2.08. The van der Waals surface area contributed by atoms with Crippen molar-refractivity contribution in [3.8, 4) is 0 Å². The van der Waals surface area contributed by atoms with E-state index in [1.54, 1.807) is 0 Å². The molecule has 1 aliphatic rings. The fraction of sp³-hybridized carbons (Fsp3) is 0.500. The van der Waals surface area contributed by atoms with Gasteiger partial charge in [-0.15, -0.1) is 0 Å². The Balaban J connectivity index is 2.45. The van der Waals surface area contributed by atoms with Crippen molar-refractivity contribution < 1.29 is 0 Å². The number of benzene rings is 1. The van der Waals surface area contributed by atoms with E-state index in [2.05, 4.69) is 32.2 Å². The molecule has 2 heteroatoms. The first-order valence-corrected chi connectivity index (χ1v) is 5.44. The summed E-state index contributed by atoms with van der Waals surface area (Å²) in [6.45, 7) is 6.74. The molecule has 0 aromatic heterocycles. The maximum atomic E-state index is 6.16. The fourth-order valence-electron chi connectivity index (χ4n) is 1.91. The molecule has 1 N–H and O–H groups in total. The van der Waals surface area contributed by atoms with Gasteiger partial charge in [0, 0.05) is 16.2 Å². The standard InChI is InChI=1S/C12H16ClN/c1-8-7-9-10(13)5-4-6-11(9)14-12(8,2)3/h4-6,8,14H,7H2,1-3H3. The predicted octanol–water partition coefficient (Wildman–Crippen LogP) is 3.72. The quantitative estimate of drug-likeness (QED) is 0.687. The minimum atomic E-state index is 0.164. The minimum absolute atomic E-state index is 0.164. The Labute approximate surface area is 90.5 Å². The van der Waals surface area contributed by atoms with Crippen molar-refractivity contribution in [3.05, 3.63) is 28.8 Å². The van der Waals surface area contributed by atoms with Crippen LogP contribution in [0, 0.1) is 5.92 Å².